The van der Waals surface area contributed by atoms with Crippen LogP contribution in [0, 0.1) is 0 Å². The Balaban J connectivity index is 0.00000288. The summed E-state index contributed by atoms with van der Waals surface area (Å²) >= 11 is 0. The lowest BCUT2D eigenvalue weighted by Crippen LogP contribution is -2.45. The van der Waals surface area contributed by atoms with E-state index in [0.29, 0.717) is 12.1 Å². The van der Waals surface area contributed by atoms with Crippen LogP contribution in [0.4, 0.5) is 0 Å². The maximum absolute atomic E-state index is 9.58. The van der Waals surface area contributed by atoms with Gasteiger partial charge in [0.1, 0.15) is 0 Å². The quantitative estimate of drug-likeness (QED) is 0.240. The summed E-state index contributed by atoms with van der Waals surface area (Å²) in [7, 11) is 0. The normalized spacial score (nSPS) is 25.8. The van der Waals surface area contributed by atoms with Gasteiger partial charge in [-0.25, -0.2) is 0 Å². The highest BCUT2D eigenvalue weighted by atomic mass is 127. The summed E-state index contributed by atoms with van der Waals surface area (Å²) in [5.41, 5.74) is 0. The third kappa shape index (κ3) is 8.85. The fraction of sp³-hybridized carbons (Fsp3) is 0.944. The molecule has 0 aromatic heterocycles. The predicted octanol–water partition coefficient (Wildman–Crippen LogP) is 3.20. The molecule has 2 saturated carbocycles. The molecule has 0 spiro atoms. The van der Waals surface area contributed by atoms with Gasteiger partial charge in [-0.2, -0.15) is 0 Å². The number of hydrogen-bond acceptors (Lipinski definition) is 3. The van der Waals surface area contributed by atoms with Crippen LogP contribution in [-0.2, 0) is 4.74 Å². The Hall–Kier alpha value is -0.0800. The molecular weight excluding hydrogens is 417 g/mol. The number of aliphatic imine (C=N–C) groups is 1. The third-order valence-electron chi connectivity index (χ3n) is 4.86. The molecule has 0 aromatic rings. The molecule has 0 amide bonds. The summed E-state index contributed by atoms with van der Waals surface area (Å²) in [6.45, 7) is 4.59. The van der Waals surface area contributed by atoms with Crippen molar-refractivity contribution in [3.05, 3.63) is 0 Å². The Morgan fingerprint density at radius 1 is 1.08 bits per heavy atom. The van der Waals surface area contributed by atoms with Gasteiger partial charge in [0.25, 0.3) is 0 Å². The zero-order valence-electron chi connectivity index (χ0n) is 15.1. The minimum absolute atomic E-state index is 0. The average Bonchev–Trinajstić information content (AvgIpc) is 2.57. The highest BCUT2D eigenvalue weighted by Gasteiger charge is 2.19. The zero-order chi connectivity index (χ0) is 16.3. The van der Waals surface area contributed by atoms with Gasteiger partial charge in [0.15, 0.2) is 5.96 Å². The number of aliphatic hydroxyl groups is 1. The molecule has 0 unspecified atom stereocenters. The van der Waals surface area contributed by atoms with Crippen LogP contribution in [0.3, 0.4) is 0 Å². The minimum atomic E-state index is -0.107. The van der Waals surface area contributed by atoms with Crippen LogP contribution >= 0.6 is 24.0 Å². The molecule has 24 heavy (non-hydrogen) atoms. The van der Waals surface area contributed by atoms with Gasteiger partial charge in [0.2, 0.25) is 0 Å². The number of nitrogens with zero attached hydrogens (tertiary/aromatic N) is 1. The van der Waals surface area contributed by atoms with Gasteiger partial charge in [-0.1, -0.05) is 19.3 Å². The lowest BCUT2D eigenvalue weighted by molar-refractivity contribution is 0.0281. The highest BCUT2D eigenvalue weighted by molar-refractivity contribution is 14.0. The van der Waals surface area contributed by atoms with Crippen molar-refractivity contribution in [1.29, 1.82) is 0 Å². The van der Waals surface area contributed by atoms with Crippen molar-refractivity contribution in [2.24, 2.45) is 4.99 Å². The molecule has 0 radical (unpaired) electrons. The largest absolute Gasteiger partial charge is 0.393 e. The van der Waals surface area contributed by atoms with E-state index in [-0.39, 0.29) is 30.1 Å². The Kier molecular flexibility index (Phi) is 12.0. The van der Waals surface area contributed by atoms with Gasteiger partial charge < -0.3 is 20.5 Å². The summed E-state index contributed by atoms with van der Waals surface area (Å²) in [5, 5.41) is 16.4. The number of halogens is 1. The van der Waals surface area contributed by atoms with Crippen LogP contribution in [0.25, 0.3) is 0 Å². The second-order valence-electron chi connectivity index (χ2n) is 6.89. The third-order valence-corrected chi connectivity index (χ3v) is 4.86. The SMILES string of the molecule is CCNC(=NCCCOC1CCCCC1)NC1CCC(O)CC1.I. The Bertz CT molecular complexity index is 341. The summed E-state index contributed by atoms with van der Waals surface area (Å²) < 4.78 is 5.95. The van der Waals surface area contributed by atoms with E-state index in [4.69, 9.17) is 4.74 Å². The maximum Gasteiger partial charge on any atom is 0.191 e. The van der Waals surface area contributed by atoms with Crippen LogP contribution < -0.4 is 10.6 Å². The molecule has 142 valence electrons. The fourth-order valence-electron chi connectivity index (χ4n) is 3.47. The van der Waals surface area contributed by atoms with Crippen molar-refractivity contribution in [1.82, 2.24) is 10.6 Å². The molecule has 0 heterocycles. The first-order valence-corrected chi connectivity index (χ1v) is 9.62. The van der Waals surface area contributed by atoms with Crippen molar-refractivity contribution in [2.45, 2.75) is 89.4 Å². The molecule has 0 saturated heterocycles. The van der Waals surface area contributed by atoms with E-state index in [2.05, 4.69) is 22.5 Å². The lowest BCUT2D eigenvalue weighted by atomic mass is 9.93. The van der Waals surface area contributed by atoms with Crippen molar-refractivity contribution in [2.75, 3.05) is 19.7 Å². The highest BCUT2D eigenvalue weighted by Crippen LogP contribution is 2.20. The van der Waals surface area contributed by atoms with E-state index in [1.807, 2.05) is 0 Å². The van der Waals surface area contributed by atoms with Crippen LogP contribution in [0.15, 0.2) is 4.99 Å². The van der Waals surface area contributed by atoms with Crippen LogP contribution in [0.5, 0.6) is 0 Å². The number of ether oxygens (including phenoxy) is 1. The van der Waals surface area contributed by atoms with Crippen molar-refractivity contribution in [3.8, 4) is 0 Å². The molecule has 0 bridgehead atoms. The zero-order valence-corrected chi connectivity index (χ0v) is 17.5. The standard InChI is InChI=1S/C18H35N3O2.HI/c1-2-19-18(21-15-9-11-16(22)12-10-15)20-13-6-14-23-17-7-4-3-5-8-17;/h15-17,22H,2-14H2,1H3,(H2,19,20,21);1H. The summed E-state index contributed by atoms with van der Waals surface area (Å²) in [4.78, 5) is 4.66. The topological polar surface area (TPSA) is 65.9 Å². The van der Waals surface area contributed by atoms with Gasteiger partial charge in [-0.05, 0) is 51.9 Å². The van der Waals surface area contributed by atoms with Gasteiger partial charge in [-0.3, -0.25) is 4.99 Å². The molecule has 0 atom stereocenters. The molecule has 2 aliphatic rings. The van der Waals surface area contributed by atoms with Crippen molar-refractivity contribution in [3.63, 3.8) is 0 Å². The molecule has 2 rings (SSSR count). The Morgan fingerprint density at radius 3 is 2.46 bits per heavy atom. The maximum atomic E-state index is 9.58. The first-order valence-electron chi connectivity index (χ1n) is 9.62. The van der Waals surface area contributed by atoms with Crippen LogP contribution in [-0.4, -0.2) is 49.0 Å². The monoisotopic (exact) mass is 453 g/mol. The molecule has 2 fully saturated rings. The molecule has 5 nitrogen and oxygen atoms in total. The molecule has 0 aliphatic heterocycles. The van der Waals surface area contributed by atoms with E-state index in [1.165, 1.54) is 32.1 Å². The van der Waals surface area contributed by atoms with E-state index >= 15 is 0 Å². The molecule has 2 aliphatic carbocycles. The number of rotatable bonds is 7. The molecule has 0 aromatic carbocycles. The Morgan fingerprint density at radius 2 is 1.79 bits per heavy atom. The molecular formula is C18H36IN3O2. The molecule has 6 heteroatoms. The van der Waals surface area contributed by atoms with Crippen LogP contribution in [0.1, 0.15) is 71.1 Å². The fourth-order valence-corrected chi connectivity index (χ4v) is 3.47. The second-order valence-corrected chi connectivity index (χ2v) is 6.89. The van der Waals surface area contributed by atoms with Crippen molar-refractivity contribution >= 4 is 29.9 Å². The number of hydrogen-bond donors (Lipinski definition) is 3. The summed E-state index contributed by atoms with van der Waals surface area (Å²) in [6, 6.07) is 0.440. The van der Waals surface area contributed by atoms with E-state index < -0.39 is 0 Å². The lowest BCUT2D eigenvalue weighted by Gasteiger charge is -2.27. The predicted molar refractivity (Wildman–Crippen MR) is 110 cm³/mol. The van der Waals surface area contributed by atoms with Crippen LogP contribution in [0.2, 0.25) is 0 Å². The minimum Gasteiger partial charge on any atom is -0.393 e. The van der Waals surface area contributed by atoms with Crippen molar-refractivity contribution < 1.29 is 9.84 Å². The summed E-state index contributed by atoms with van der Waals surface area (Å²) in [6.07, 6.45) is 11.7. The van der Waals surface area contributed by atoms with Gasteiger partial charge >= 0.3 is 0 Å². The van der Waals surface area contributed by atoms with E-state index in [1.54, 1.807) is 0 Å². The van der Waals surface area contributed by atoms with E-state index in [9.17, 15) is 5.11 Å². The Labute approximate surface area is 164 Å². The average molecular weight is 453 g/mol. The number of guanidine groups is 1. The van der Waals surface area contributed by atoms with Gasteiger partial charge in [0, 0.05) is 25.7 Å². The van der Waals surface area contributed by atoms with Gasteiger partial charge in [0.05, 0.1) is 12.2 Å². The number of nitrogens with one attached hydrogen (secondary N) is 2. The first kappa shape index (κ1) is 22.0. The molecule has 3 N–H and O–H groups in total. The van der Waals surface area contributed by atoms with Gasteiger partial charge in [-0.15, -0.1) is 24.0 Å². The second kappa shape index (κ2) is 13.2. The first-order chi connectivity index (χ1) is 11.3. The van der Waals surface area contributed by atoms with E-state index in [0.717, 1.165) is 57.8 Å². The number of aliphatic hydroxyl groups excluding tert-OH is 1. The summed E-state index contributed by atoms with van der Waals surface area (Å²) in [5.74, 6) is 0.909. The smallest absolute Gasteiger partial charge is 0.191 e.